The van der Waals surface area contributed by atoms with Crippen molar-refractivity contribution in [1.82, 2.24) is 9.78 Å². The second kappa shape index (κ2) is 6.10. The summed E-state index contributed by atoms with van der Waals surface area (Å²) in [6, 6.07) is 0. The molecule has 0 radical (unpaired) electrons. The van der Waals surface area contributed by atoms with Crippen LogP contribution in [0.25, 0.3) is 0 Å². The summed E-state index contributed by atoms with van der Waals surface area (Å²) in [7, 11) is 0. The number of fused-ring (bicyclic) bond motifs is 1. The Bertz CT molecular complexity index is 550. The average molecular weight is 290 g/mol. The molecule has 1 aromatic heterocycles. The predicted molar refractivity (Wildman–Crippen MR) is 77.2 cm³/mol. The van der Waals surface area contributed by atoms with Crippen molar-refractivity contribution in [3.05, 3.63) is 17.0 Å². The number of ketones is 1. The third-order valence-corrected chi connectivity index (χ3v) is 4.80. The Morgan fingerprint density at radius 1 is 1.24 bits per heavy atom. The van der Waals surface area contributed by atoms with Crippen molar-refractivity contribution in [2.24, 2.45) is 5.92 Å². The molecule has 5 nitrogen and oxygen atoms in total. The molecule has 3 rings (SSSR count). The van der Waals surface area contributed by atoms with Crippen LogP contribution in [0.1, 0.15) is 60.3 Å². The van der Waals surface area contributed by atoms with Crippen LogP contribution >= 0.6 is 0 Å². The molecule has 0 aromatic carbocycles. The van der Waals surface area contributed by atoms with Crippen LogP contribution in [-0.4, -0.2) is 33.1 Å². The Hall–Kier alpha value is -1.49. The van der Waals surface area contributed by atoms with Gasteiger partial charge in [0.05, 0.1) is 12.6 Å². The minimum absolute atomic E-state index is 0.0218. The molecular weight excluding hydrogens is 268 g/mol. The van der Waals surface area contributed by atoms with Crippen LogP contribution in [-0.2, 0) is 24.2 Å². The van der Waals surface area contributed by atoms with Gasteiger partial charge in [0.25, 0.3) is 0 Å². The van der Waals surface area contributed by atoms with Crippen LogP contribution in [0.3, 0.4) is 0 Å². The van der Waals surface area contributed by atoms with E-state index in [-0.39, 0.29) is 24.3 Å². The van der Waals surface area contributed by atoms with E-state index in [0.717, 1.165) is 62.5 Å². The molecule has 2 unspecified atom stereocenters. The topological polar surface area (TPSA) is 72.2 Å². The first-order valence-electron chi connectivity index (χ1n) is 7.95. The highest BCUT2D eigenvalue weighted by atomic mass is 16.3. The zero-order chi connectivity index (χ0) is 14.8. The molecule has 1 N–H and O–H groups in total. The summed E-state index contributed by atoms with van der Waals surface area (Å²) in [6.07, 6.45) is 7.39. The smallest absolute Gasteiger partial charge is 0.186 e. The van der Waals surface area contributed by atoms with Gasteiger partial charge in [-0.15, -0.1) is 0 Å². The number of aldehydes is 1. The maximum absolute atomic E-state index is 12.8. The Labute approximate surface area is 124 Å². The molecule has 0 saturated heterocycles. The zero-order valence-electron chi connectivity index (χ0n) is 12.3. The summed E-state index contributed by atoms with van der Waals surface area (Å²) < 4.78 is 1.70. The standard InChI is InChI=1S/C16H22N2O3/c19-10-9-18-14-6-2-5-13(14)15(17-18)16(21)11-3-1-4-12(20)8-7-11/h10-12,20H,1-9H2. The quantitative estimate of drug-likeness (QED) is 0.520. The number of hydrogen-bond donors (Lipinski definition) is 1. The van der Waals surface area contributed by atoms with Gasteiger partial charge in [-0.25, -0.2) is 0 Å². The molecule has 2 aliphatic carbocycles. The minimum atomic E-state index is -0.263. The number of carbonyl (C=O) groups excluding carboxylic acids is 2. The first-order chi connectivity index (χ1) is 10.2. The lowest BCUT2D eigenvalue weighted by molar-refractivity contribution is -0.108. The number of carbonyl (C=O) groups is 2. The molecule has 0 amide bonds. The van der Waals surface area contributed by atoms with Crippen molar-refractivity contribution >= 4 is 12.1 Å². The van der Waals surface area contributed by atoms with Gasteiger partial charge in [0.15, 0.2) is 5.78 Å². The van der Waals surface area contributed by atoms with Crippen molar-refractivity contribution in [2.45, 2.75) is 64.0 Å². The normalized spacial score (nSPS) is 25.4. The van der Waals surface area contributed by atoms with E-state index in [1.165, 1.54) is 0 Å². The number of aliphatic hydroxyl groups excluding tert-OH is 1. The molecule has 114 valence electrons. The SMILES string of the molecule is O=CCn1nc(C(=O)C2CCCC(O)CC2)c2c1CCC2. The Morgan fingerprint density at radius 2 is 2.10 bits per heavy atom. The molecule has 0 spiro atoms. The van der Waals surface area contributed by atoms with E-state index in [1.54, 1.807) is 4.68 Å². The zero-order valence-corrected chi connectivity index (χ0v) is 12.3. The van der Waals surface area contributed by atoms with Crippen molar-refractivity contribution in [1.29, 1.82) is 0 Å². The third kappa shape index (κ3) is 2.79. The second-order valence-electron chi connectivity index (χ2n) is 6.20. The van der Waals surface area contributed by atoms with Crippen LogP contribution in [0.4, 0.5) is 0 Å². The second-order valence-corrected chi connectivity index (χ2v) is 6.20. The Morgan fingerprint density at radius 3 is 2.90 bits per heavy atom. The van der Waals surface area contributed by atoms with Crippen LogP contribution in [0.2, 0.25) is 0 Å². The number of aromatic nitrogens is 2. The van der Waals surface area contributed by atoms with E-state index >= 15 is 0 Å². The first kappa shape index (κ1) is 14.4. The van der Waals surface area contributed by atoms with Crippen molar-refractivity contribution in [3.8, 4) is 0 Å². The molecule has 2 aliphatic rings. The maximum atomic E-state index is 12.8. The van der Waals surface area contributed by atoms with Gasteiger partial charge in [-0.1, -0.05) is 6.42 Å². The van der Waals surface area contributed by atoms with Gasteiger partial charge in [-0.2, -0.15) is 5.10 Å². The minimum Gasteiger partial charge on any atom is -0.393 e. The lowest BCUT2D eigenvalue weighted by atomic mass is 9.92. The number of rotatable bonds is 4. The molecule has 1 saturated carbocycles. The van der Waals surface area contributed by atoms with E-state index in [0.29, 0.717) is 12.1 Å². The summed E-state index contributed by atoms with van der Waals surface area (Å²) in [6.45, 7) is 0.235. The number of aliphatic hydroxyl groups is 1. The summed E-state index contributed by atoms with van der Waals surface area (Å²) >= 11 is 0. The Kier molecular flexibility index (Phi) is 4.19. The van der Waals surface area contributed by atoms with Gasteiger partial charge in [0, 0.05) is 17.2 Å². The lowest BCUT2D eigenvalue weighted by Gasteiger charge is -2.11. The molecule has 1 heterocycles. The maximum Gasteiger partial charge on any atom is 0.186 e. The molecule has 5 heteroatoms. The highest BCUT2D eigenvalue weighted by molar-refractivity contribution is 5.97. The monoisotopic (exact) mass is 290 g/mol. The summed E-state index contributed by atoms with van der Waals surface area (Å²) in [5.74, 6) is 0.0957. The molecule has 1 fully saturated rings. The number of hydrogen-bond acceptors (Lipinski definition) is 4. The molecule has 0 aliphatic heterocycles. The largest absolute Gasteiger partial charge is 0.393 e. The summed E-state index contributed by atoms with van der Waals surface area (Å²) in [4.78, 5) is 23.6. The van der Waals surface area contributed by atoms with Gasteiger partial charge in [0.1, 0.15) is 12.0 Å². The van der Waals surface area contributed by atoms with E-state index < -0.39 is 0 Å². The van der Waals surface area contributed by atoms with E-state index in [2.05, 4.69) is 5.10 Å². The molecule has 1 aromatic rings. The Balaban J connectivity index is 1.84. The molecular formula is C16H22N2O3. The van der Waals surface area contributed by atoms with Crippen molar-refractivity contribution in [2.75, 3.05) is 0 Å². The highest BCUT2D eigenvalue weighted by Gasteiger charge is 2.31. The lowest BCUT2D eigenvalue weighted by Crippen LogP contribution is -2.17. The third-order valence-electron chi connectivity index (χ3n) is 4.80. The van der Waals surface area contributed by atoms with Gasteiger partial charge in [0.2, 0.25) is 0 Å². The van der Waals surface area contributed by atoms with Crippen LogP contribution < -0.4 is 0 Å². The molecule has 2 atom stereocenters. The summed E-state index contributed by atoms with van der Waals surface area (Å²) in [5, 5.41) is 14.1. The van der Waals surface area contributed by atoms with Crippen molar-refractivity contribution in [3.63, 3.8) is 0 Å². The number of nitrogens with zero attached hydrogens (tertiary/aromatic N) is 2. The van der Waals surface area contributed by atoms with Crippen LogP contribution in [0.5, 0.6) is 0 Å². The predicted octanol–water partition coefficient (Wildman–Crippen LogP) is 1.69. The van der Waals surface area contributed by atoms with Crippen molar-refractivity contribution < 1.29 is 14.7 Å². The van der Waals surface area contributed by atoms with E-state index in [1.807, 2.05) is 0 Å². The fourth-order valence-corrected chi connectivity index (χ4v) is 3.67. The van der Waals surface area contributed by atoms with Gasteiger partial charge >= 0.3 is 0 Å². The fourth-order valence-electron chi connectivity index (χ4n) is 3.67. The molecule has 21 heavy (non-hydrogen) atoms. The van der Waals surface area contributed by atoms with Gasteiger partial charge in [-0.3, -0.25) is 9.48 Å². The van der Waals surface area contributed by atoms with Crippen LogP contribution in [0, 0.1) is 5.92 Å². The van der Waals surface area contributed by atoms with Gasteiger partial charge in [-0.05, 0) is 44.9 Å². The molecule has 0 bridgehead atoms. The fraction of sp³-hybridized carbons (Fsp3) is 0.688. The number of Topliss-reactive ketones (excluding diaryl/α,β-unsaturated/α-hetero) is 1. The van der Waals surface area contributed by atoms with Gasteiger partial charge < -0.3 is 9.90 Å². The highest BCUT2D eigenvalue weighted by Crippen LogP contribution is 2.31. The van der Waals surface area contributed by atoms with E-state index in [4.69, 9.17) is 0 Å². The average Bonchev–Trinajstić information content (AvgIpc) is 2.99. The van der Waals surface area contributed by atoms with E-state index in [9.17, 15) is 14.7 Å². The summed E-state index contributed by atoms with van der Waals surface area (Å²) in [5.41, 5.74) is 2.72. The first-order valence-corrected chi connectivity index (χ1v) is 7.95. The van der Waals surface area contributed by atoms with Crippen LogP contribution in [0.15, 0.2) is 0 Å².